The first-order valence-electron chi connectivity index (χ1n) is 11.2. The van der Waals surface area contributed by atoms with Gasteiger partial charge in [0.05, 0.1) is 29.7 Å². The minimum absolute atomic E-state index is 0.0703. The van der Waals surface area contributed by atoms with Crippen molar-refractivity contribution in [1.82, 2.24) is 19.9 Å². The van der Waals surface area contributed by atoms with Crippen molar-refractivity contribution in [2.45, 2.75) is 51.0 Å². The molecule has 0 saturated carbocycles. The van der Waals surface area contributed by atoms with Gasteiger partial charge in [-0.3, -0.25) is 4.98 Å². The zero-order valence-electron chi connectivity index (χ0n) is 18.3. The molecule has 0 aliphatic carbocycles. The van der Waals surface area contributed by atoms with Crippen molar-refractivity contribution >= 4 is 37.9 Å². The summed E-state index contributed by atoms with van der Waals surface area (Å²) in [5.41, 5.74) is 3.57. The van der Waals surface area contributed by atoms with Gasteiger partial charge in [0.15, 0.2) is 0 Å². The highest BCUT2D eigenvalue weighted by atomic mass is 79.9. The molecular weight excluding hydrogens is 490 g/mol. The number of hydrogen-bond donors (Lipinski definition) is 1. The Bertz CT molecular complexity index is 1290. The second-order valence-corrected chi connectivity index (χ2v) is 9.55. The molecule has 2 aromatic heterocycles. The Hall–Kier alpha value is -2.58. The van der Waals surface area contributed by atoms with Crippen LogP contribution in [0.1, 0.15) is 37.8 Å². The van der Waals surface area contributed by atoms with Crippen molar-refractivity contribution in [2.75, 3.05) is 6.54 Å². The molecule has 0 bridgehead atoms. The molecule has 5 rings (SSSR count). The first-order valence-corrected chi connectivity index (χ1v) is 12.0. The van der Waals surface area contributed by atoms with Gasteiger partial charge in [0.2, 0.25) is 0 Å². The maximum atomic E-state index is 13.9. The third-order valence-electron chi connectivity index (χ3n) is 6.17. The predicted octanol–water partition coefficient (Wildman–Crippen LogP) is 6.11. The van der Waals surface area contributed by atoms with Crippen LogP contribution in [0.2, 0.25) is 0 Å². The number of imidazole rings is 1. The van der Waals surface area contributed by atoms with Crippen LogP contribution < -0.4 is 10.1 Å². The molecule has 2 aromatic carbocycles. The Balaban J connectivity index is 1.27. The number of ether oxygens (including phenoxy) is 1. The van der Waals surface area contributed by atoms with E-state index in [1.54, 1.807) is 6.07 Å². The lowest BCUT2D eigenvalue weighted by Crippen LogP contribution is -2.18. The van der Waals surface area contributed by atoms with E-state index in [0.717, 1.165) is 45.8 Å². The average Bonchev–Trinajstić information content (AvgIpc) is 3.41. The predicted molar refractivity (Wildman–Crippen MR) is 129 cm³/mol. The quantitative estimate of drug-likeness (QED) is 0.323. The number of fused-ring (bicyclic) bond motifs is 3. The van der Waals surface area contributed by atoms with Crippen LogP contribution in [0, 0.1) is 5.82 Å². The van der Waals surface area contributed by atoms with E-state index in [0.29, 0.717) is 17.7 Å². The second kappa shape index (κ2) is 9.35. The van der Waals surface area contributed by atoms with Crippen molar-refractivity contribution in [2.24, 2.45) is 0 Å². The number of alkyl halides is 1. The van der Waals surface area contributed by atoms with Gasteiger partial charge in [-0.15, -0.1) is 0 Å². The van der Waals surface area contributed by atoms with Gasteiger partial charge >= 0.3 is 0 Å². The normalized spacial score (nSPS) is 19.4. The van der Waals surface area contributed by atoms with Gasteiger partial charge in [-0.05, 0) is 62.6 Å². The summed E-state index contributed by atoms with van der Waals surface area (Å²) in [6.07, 6.45) is 4.71. The SMILES string of the molecule is CC(CCCn1cnc2cnc3ccc(Br)cc3c21)Oc1ccc(F)cc1[C@H]1C[C@H](F)CN1. The van der Waals surface area contributed by atoms with Crippen LogP contribution in [-0.4, -0.2) is 33.4 Å². The number of aromatic nitrogens is 3. The number of rotatable bonds is 7. The summed E-state index contributed by atoms with van der Waals surface area (Å²) in [6.45, 7) is 3.09. The number of benzene rings is 2. The Morgan fingerprint density at radius 1 is 1.21 bits per heavy atom. The zero-order chi connectivity index (χ0) is 22.9. The largest absolute Gasteiger partial charge is 0.490 e. The molecule has 1 saturated heterocycles. The zero-order valence-corrected chi connectivity index (χ0v) is 19.9. The number of pyridine rings is 1. The summed E-state index contributed by atoms with van der Waals surface area (Å²) in [5, 5.41) is 4.19. The van der Waals surface area contributed by atoms with E-state index < -0.39 is 6.17 Å². The number of hydrogen-bond acceptors (Lipinski definition) is 4. The molecule has 3 atom stereocenters. The number of nitrogens with one attached hydrogen (secondary N) is 1. The van der Waals surface area contributed by atoms with E-state index in [-0.39, 0.29) is 24.5 Å². The van der Waals surface area contributed by atoms with E-state index in [2.05, 4.69) is 41.8 Å². The molecule has 172 valence electrons. The minimum Gasteiger partial charge on any atom is -0.490 e. The van der Waals surface area contributed by atoms with Gasteiger partial charge in [-0.1, -0.05) is 15.9 Å². The maximum Gasteiger partial charge on any atom is 0.124 e. The Kier molecular flexibility index (Phi) is 6.29. The molecule has 1 aliphatic rings. The van der Waals surface area contributed by atoms with Crippen LogP contribution in [0.4, 0.5) is 8.78 Å². The van der Waals surface area contributed by atoms with Crippen molar-refractivity contribution in [1.29, 1.82) is 0 Å². The monoisotopic (exact) mass is 514 g/mol. The molecule has 0 amide bonds. The fourth-order valence-corrected chi connectivity index (χ4v) is 4.91. The molecule has 0 spiro atoms. The van der Waals surface area contributed by atoms with Crippen LogP contribution in [0.25, 0.3) is 21.9 Å². The number of halogens is 3. The Morgan fingerprint density at radius 3 is 2.91 bits per heavy atom. The van der Waals surface area contributed by atoms with Gasteiger partial charge in [0, 0.05) is 34.6 Å². The Labute approximate surface area is 199 Å². The standard InChI is InChI=1S/C25H25BrF2N4O/c1-15(33-24-7-5-17(27)10-19(24)22-11-18(28)12-29-22)3-2-8-32-14-31-23-13-30-21-6-4-16(26)9-20(21)25(23)32/h4-7,9-10,13-15,18,22,29H,2-3,8,11-12H2,1H3/t15?,18-,22+/m0/s1. The molecule has 1 aliphatic heterocycles. The highest BCUT2D eigenvalue weighted by Crippen LogP contribution is 2.33. The molecule has 1 unspecified atom stereocenters. The highest BCUT2D eigenvalue weighted by molar-refractivity contribution is 9.10. The van der Waals surface area contributed by atoms with E-state index in [9.17, 15) is 8.78 Å². The molecular formula is C25H25BrF2N4O. The van der Waals surface area contributed by atoms with Crippen molar-refractivity contribution in [3.05, 3.63) is 64.8 Å². The molecule has 33 heavy (non-hydrogen) atoms. The van der Waals surface area contributed by atoms with Crippen molar-refractivity contribution < 1.29 is 13.5 Å². The summed E-state index contributed by atoms with van der Waals surface area (Å²) in [6, 6.07) is 10.3. The molecule has 8 heteroatoms. The van der Waals surface area contributed by atoms with Crippen LogP contribution in [0.3, 0.4) is 0 Å². The van der Waals surface area contributed by atoms with Gasteiger partial charge in [-0.25, -0.2) is 13.8 Å². The summed E-state index contributed by atoms with van der Waals surface area (Å²) in [7, 11) is 0. The van der Waals surface area contributed by atoms with Gasteiger partial charge in [-0.2, -0.15) is 0 Å². The number of nitrogens with zero attached hydrogens (tertiary/aromatic N) is 3. The van der Waals surface area contributed by atoms with Gasteiger partial charge < -0.3 is 14.6 Å². The van der Waals surface area contributed by atoms with E-state index in [4.69, 9.17) is 4.74 Å². The summed E-state index contributed by atoms with van der Waals surface area (Å²) >= 11 is 3.55. The Morgan fingerprint density at radius 2 is 2.09 bits per heavy atom. The van der Waals surface area contributed by atoms with Crippen molar-refractivity contribution in [3.8, 4) is 5.75 Å². The van der Waals surface area contributed by atoms with Gasteiger partial charge in [0.1, 0.15) is 23.3 Å². The molecule has 0 radical (unpaired) electrons. The summed E-state index contributed by atoms with van der Waals surface area (Å²) in [5.74, 6) is 0.278. The van der Waals surface area contributed by atoms with E-state index >= 15 is 0 Å². The fourth-order valence-electron chi connectivity index (χ4n) is 4.55. The van der Waals surface area contributed by atoms with Crippen LogP contribution in [-0.2, 0) is 6.54 Å². The highest BCUT2D eigenvalue weighted by Gasteiger charge is 2.28. The first kappa shape index (κ1) is 22.2. The van der Waals surface area contributed by atoms with Crippen LogP contribution in [0.15, 0.2) is 53.4 Å². The first-order chi connectivity index (χ1) is 16.0. The third-order valence-corrected chi connectivity index (χ3v) is 6.66. The molecule has 1 N–H and O–H groups in total. The molecule has 1 fully saturated rings. The lowest BCUT2D eigenvalue weighted by atomic mass is 10.0. The lowest BCUT2D eigenvalue weighted by molar-refractivity contribution is 0.202. The van der Waals surface area contributed by atoms with Crippen LogP contribution in [0.5, 0.6) is 5.75 Å². The lowest BCUT2D eigenvalue weighted by Gasteiger charge is -2.20. The average molecular weight is 515 g/mol. The van der Waals surface area contributed by atoms with Crippen LogP contribution >= 0.6 is 15.9 Å². The molecule has 3 heterocycles. The number of aryl methyl sites for hydroxylation is 1. The molecule has 4 aromatic rings. The second-order valence-electron chi connectivity index (χ2n) is 8.64. The third kappa shape index (κ3) is 4.73. The smallest absolute Gasteiger partial charge is 0.124 e. The van der Waals surface area contributed by atoms with E-state index in [1.807, 2.05) is 31.6 Å². The maximum absolute atomic E-state index is 13.9. The van der Waals surface area contributed by atoms with E-state index in [1.165, 1.54) is 12.1 Å². The van der Waals surface area contributed by atoms with Crippen molar-refractivity contribution in [3.63, 3.8) is 0 Å². The minimum atomic E-state index is -0.916. The summed E-state index contributed by atoms with van der Waals surface area (Å²) in [4.78, 5) is 9.01. The fraction of sp³-hybridized carbons (Fsp3) is 0.360. The summed E-state index contributed by atoms with van der Waals surface area (Å²) < 4.78 is 36.9. The molecule has 5 nitrogen and oxygen atoms in total. The van der Waals surface area contributed by atoms with Gasteiger partial charge in [0.25, 0.3) is 0 Å². The topological polar surface area (TPSA) is 52.0 Å².